The highest BCUT2D eigenvalue weighted by molar-refractivity contribution is 9.10. The molecule has 3 aromatic rings. The van der Waals surface area contributed by atoms with Crippen molar-refractivity contribution >= 4 is 27.7 Å². The Morgan fingerprint density at radius 1 is 0.914 bits per heavy atom. The second-order valence-corrected chi connectivity index (χ2v) is 9.57. The van der Waals surface area contributed by atoms with Crippen molar-refractivity contribution < 1.29 is 14.0 Å². The summed E-state index contributed by atoms with van der Waals surface area (Å²) in [5.41, 5.74) is 2.61. The SMILES string of the molecule is CCCCN(Cc1cccn1Cc1ccc(Br)cc1)C(=O)CN(CCC)C(=O)c1ccc(F)cc1. The molecule has 0 spiro atoms. The second-order valence-electron chi connectivity index (χ2n) is 8.66. The molecule has 0 radical (unpaired) electrons. The highest BCUT2D eigenvalue weighted by Crippen LogP contribution is 2.15. The molecule has 0 fully saturated rings. The van der Waals surface area contributed by atoms with Crippen LogP contribution in [0.5, 0.6) is 0 Å². The molecule has 0 bridgehead atoms. The van der Waals surface area contributed by atoms with Gasteiger partial charge in [0.1, 0.15) is 12.4 Å². The van der Waals surface area contributed by atoms with E-state index in [1.807, 2.05) is 42.3 Å². The molecule has 5 nitrogen and oxygen atoms in total. The van der Waals surface area contributed by atoms with Gasteiger partial charge >= 0.3 is 0 Å². The number of carbonyl (C=O) groups is 2. The maximum absolute atomic E-state index is 13.4. The van der Waals surface area contributed by atoms with Crippen LogP contribution in [0, 0.1) is 5.82 Å². The summed E-state index contributed by atoms with van der Waals surface area (Å²) in [5.74, 6) is -0.732. The molecule has 0 unspecified atom stereocenters. The molecule has 0 aliphatic carbocycles. The Balaban J connectivity index is 1.74. The normalized spacial score (nSPS) is 10.9. The van der Waals surface area contributed by atoms with Gasteiger partial charge in [0.15, 0.2) is 0 Å². The van der Waals surface area contributed by atoms with Crippen LogP contribution >= 0.6 is 15.9 Å². The van der Waals surface area contributed by atoms with Gasteiger partial charge in [-0.25, -0.2) is 4.39 Å². The first-order valence-corrected chi connectivity index (χ1v) is 12.9. The summed E-state index contributed by atoms with van der Waals surface area (Å²) in [4.78, 5) is 29.9. The lowest BCUT2D eigenvalue weighted by Gasteiger charge is -2.28. The molecule has 0 saturated heterocycles. The maximum atomic E-state index is 13.4. The van der Waals surface area contributed by atoms with E-state index in [4.69, 9.17) is 0 Å². The number of hydrogen-bond donors (Lipinski definition) is 0. The van der Waals surface area contributed by atoms with Crippen LogP contribution in [0.3, 0.4) is 0 Å². The fourth-order valence-electron chi connectivity index (χ4n) is 3.93. The fourth-order valence-corrected chi connectivity index (χ4v) is 4.20. The average molecular weight is 542 g/mol. The predicted octanol–water partition coefficient (Wildman–Crippen LogP) is 6.12. The number of nitrogens with zero attached hydrogens (tertiary/aromatic N) is 3. The van der Waals surface area contributed by atoms with E-state index in [2.05, 4.69) is 39.6 Å². The van der Waals surface area contributed by atoms with E-state index in [0.717, 1.165) is 36.0 Å². The summed E-state index contributed by atoms with van der Waals surface area (Å²) >= 11 is 3.47. The zero-order valence-corrected chi connectivity index (χ0v) is 22.0. The van der Waals surface area contributed by atoms with Crippen LogP contribution in [0.25, 0.3) is 0 Å². The first-order chi connectivity index (χ1) is 16.9. The molecule has 0 aliphatic heterocycles. The first kappa shape index (κ1) is 26.7. The molecule has 186 valence electrons. The van der Waals surface area contributed by atoms with Gasteiger partial charge in [0.05, 0.1) is 6.54 Å². The van der Waals surface area contributed by atoms with Crippen LogP contribution in [0.2, 0.25) is 0 Å². The van der Waals surface area contributed by atoms with Gasteiger partial charge in [-0.2, -0.15) is 0 Å². The fraction of sp³-hybridized carbons (Fsp3) is 0.357. The molecule has 3 rings (SSSR count). The minimum atomic E-state index is -0.392. The smallest absolute Gasteiger partial charge is 0.254 e. The van der Waals surface area contributed by atoms with Gasteiger partial charge in [-0.15, -0.1) is 0 Å². The Morgan fingerprint density at radius 2 is 1.63 bits per heavy atom. The van der Waals surface area contributed by atoms with Gasteiger partial charge in [0.2, 0.25) is 5.91 Å². The zero-order chi connectivity index (χ0) is 25.2. The van der Waals surface area contributed by atoms with Gasteiger partial charge in [-0.1, -0.05) is 48.3 Å². The van der Waals surface area contributed by atoms with E-state index in [9.17, 15) is 14.0 Å². The monoisotopic (exact) mass is 541 g/mol. The predicted molar refractivity (Wildman–Crippen MR) is 141 cm³/mol. The topological polar surface area (TPSA) is 45.6 Å². The number of unbranched alkanes of at least 4 members (excludes halogenated alkanes) is 1. The molecule has 1 heterocycles. The summed E-state index contributed by atoms with van der Waals surface area (Å²) in [7, 11) is 0. The van der Waals surface area contributed by atoms with E-state index in [0.29, 0.717) is 25.2 Å². The average Bonchev–Trinajstić information content (AvgIpc) is 3.29. The summed E-state index contributed by atoms with van der Waals surface area (Å²) in [5, 5.41) is 0. The second kappa shape index (κ2) is 13.2. The number of carbonyl (C=O) groups excluding carboxylic acids is 2. The van der Waals surface area contributed by atoms with Gasteiger partial charge in [0.25, 0.3) is 5.91 Å². The van der Waals surface area contributed by atoms with E-state index in [1.165, 1.54) is 29.8 Å². The van der Waals surface area contributed by atoms with Crippen molar-refractivity contribution in [3.05, 3.63) is 94.0 Å². The first-order valence-electron chi connectivity index (χ1n) is 12.1. The van der Waals surface area contributed by atoms with Crippen molar-refractivity contribution in [1.29, 1.82) is 0 Å². The molecule has 0 saturated carbocycles. The van der Waals surface area contributed by atoms with E-state index < -0.39 is 5.82 Å². The third-order valence-electron chi connectivity index (χ3n) is 5.87. The van der Waals surface area contributed by atoms with Gasteiger partial charge in [-0.3, -0.25) is 9.59 Å². The summed E-state index contributed by atoms with van der Waals surface area (Å²) in [6.45, 7) is 6.36. The molecule has 1 aromatic heterocycles. The van der Waals surface area contributed by atoms with Crippen molar-refractivity contribution in [2.45, 2.75) is 46.2 Å². The van der Waals surface area contributed by atoms with Crippen LogP contribution in [0.1, 0.15) is 54.7 Å². The zero-order valence-electron chi connectivity index (χ0n) is 20.4. The van der Waals surface area contributed by atoms with Crippen molar-refractivity contribution in [3.8, 4) is 0 Å². The molecular weight excluding hydrogens is 509 g/mol. The van der Waals surface area contributed by atoms with Gasteiger partial charge in [-0.05, 0) is 66.9 Å². The number of halogens is 2. The van der Waals surface area contributed by atoms with Crippen molar-refractivity contribution in [3.63, 3.8) is 0 Å². The van der Waals surface area contributed by atoms with Gasteiger partial charge in [0, 0.05) is 41.6 Å². The van der Waals surface area contributed by atoms with Crippen LogP contribution in [0.15, 0.2) is 71.3 Å². The number of aromatic nitrogens is 1. The van der Waals surface area contributed by atoms with Gasteiger partial charge < -0.3 is 14.4 Å². The lowest BCUT2D eigenvalue weighted by Crippen LogP contribution is -2.43. The third-order valence-corrected chi connectivity index (χ3v) is 6.40. The van der Waals surface area contributed by atoms with Crippen LogP contribution < -0.4 is 0 Å². The molecule has 0 aliphatic rings. The molecule has 0 N–H and O–H groups in total. The Bertz CT molecular complexity index is 1100. The standard InChI is InChI=1S/C28H33BrFN3O2/c1-3-5-17-32(20-26-7-6-18-31(26)19-22-8-12-24(29)13-9-22)27(34)21-33(16-4-2)28(35)23-10-14-25(30)15-11-23/h6-15,18H,3-5,16-17,19-21H2,1-2H3. The molecule has 2 amide bonds. The Labute approximate surface area is 215 Å². The van der Waals surface area contributed by atoms with Crippen molar-refractivity contribution in [2.75, 3.05) is 19.6 Å². The highest BCUT2D eigenvalue weighted by Gasteiger charge is 2.22. The summed E-state index contributed by atoms with van der Waals surface area (Å²) in [6.07, 6.45) is 4.61. The third kappa shape index (κ3) is 7.79. The Hall–Kier alpha value is -2.93. The molecule has 7 heteroatoms. The van der Waals surface area contributed by atoms with Crippen molar-refractivity contribution in [2.24, 2.45) is 0 Å². The Morgan fingerprint density at radius 3 is 2.29 bits per heavy atom. The number of rotatable bonds is 12. The molecule has 2 aromatic carbocycles. The minimum Gasteiger partial charge on any atom is -0.345 e. The summed E-state index contributed by atoms with van der Waals surface area (Å²) in [6, 6.07) is 17.7. The minimum absolute atomic E-state index is 0.00118. The van der Waals surface area contributed by atoms with Crippen LogP contribution in [-0.2, 0) is 17.9 Å². The number of benzene rings is 2. The van der Waals surface area contributed by atoms with E-state index >= 15 is 0 Å². The van der Waals surface area contributed by atoms with E-state index in [1.54, 1.807) is 4.90 Å². The van der Waals surface area contributed by atoms with Crippen LogP contribution in [0.4, 0.5) is 4.39 Å². The number of amides is 2. The van der Waals surface area contributed by atoms with Crippen molar-refractivity contribution in [1.82, 2.24) is 14.4 Å². The summed E-state index contributed by atoms with van der Waals surface area (Å²) < 4.78 is 16.5. The maximum Gasteiger partial charge on any atom is 0.254 e. The molecule has 35 heavy (non-hydrogen) atoms. The Kier molecular flexibility index (Phi) is 10.1. The molecule has 0 atom stereocenters. The largest absolute Gasteiger partial charge is 0.345 e. The lowest BCUT2D eigenvalue weighted by atomic mass is 10.2. The van der Waals surface area contributed by atoms with E-state index in [-0.39, 0.29) is 18.4 Å². The highest BCUT2D eigenvalue weighted by atomic mass is 79.9. The number of hydrogen-bond acceptors (Lipinski definition) is 2. The van der Waals surface area contributed by atoms with Crippen LogP contribution in [-0.4, -0.2) is 45.8 Å². The quantitative estimate of drug-likeness (QED) is 0.277. The lowest BCUT2D eigenvalue weighted by molar-refractivity contribution is -0.132. The molecular formula is C28H33BrFN3O2.